The van der Waals surface area contributed by atoms with Gasteiger partial charge in [0.2, 0.25) is 0 Å². The molecule has 1 unspecified atom stereocenters. The van der Waals surface area contributed by atoms with E-state index in [0.717, 1.165) is 0 Å². The van der Waals surface area contributed by atoms with Crippen molar-refractivity contribution in [1.29, 1.82) is 0 Å². The van der Waals surface area contributed by atoms with E-state index in [2.05, 4.69) is 6.58 Å². The Kier molecular flexibility index (Phi) is 7.97. The summed E-state index contributed by atoms with van der Waals surface area (Å²) in [5, 5.41) is 0. The molecule has 1 saturated heterocycles. The fraction of sp³-hybridized carbons (Fsp3) is 0.571. The van der Waals surface area contributed by atoms with Crippen LogP contribution in [0.15, 0.2) is 12.2 Å². The molecule has 1 atom stereocenters. The molecule has 5 heteroatoms. The summed E-state index contributed by atoms with van der Waals surface area (Å²) in [7, 11) is 0. The first-order valence-electron chi connectivity index (χ1n) is 3.14. The molecule has 1 aliphatic rings. The maximum Gasteiger partial charge on any atom is 1.00 e. The van der Waals surface area contributed by atoms with Crippen molar-refractivity contribution >= 4 is 5.97 Å². The van der Waals surface area contributed by atoms with Crippen LogP contribution in [0.5, 0.6) is 0 Å². The maximum atomic E-state index is 10.7. The minimum atomic E-state index is -0.337. The number of hydrogen-bond acceptors (Lipinski definition) is 3. The van der Waals surface area contributed by atoms with Crippen molar-refractivity contribution in [2.75, 3.05) is 13.2 Å². The van der Waals surface area contributed by atoms with Crippen LogP contribution in [0.4, 0.5) is 0 Å². The first-order chi connectivity index (χ1) is 4.70. The molecule has 0 aromatic heterocycles. The molecular weight excluding hydrogens is 174 g/mol. The quantitative estimate of drug-likeness (QED) is 0.190. The SMILES string of the molecule is C=C(C)C(=O)OCC1CO1.[Cl-].[Li+]. The summed E-state index contributed by atoms with van der Waals surface area (Å²) in [5.74, 6) is -0.337. The van der Waals surface area contributed by atoms with Crippen LogP contribution in [0, 0.1) is 0 Å². The smallest absolute Gasteiger partial charge is 1.00 e. The molecule has 0 radical (unpaired) electrons. The van der Waals surface area contributed by atoms with Crippen molar-refractivity contribution in [1.82, 2.24) is 0 Å². The van der Waals surface area contributed by atoms with Crippen molar-refractivity contribution in [3.05, 3.63) is 12.2 Å². The number of epoxide rings is 1. The summed E-state index contributed by atoms with van der Waals surface area (Å²) in [4.78, 5) is 10.7. The molecule has 0 saturated carbocycles. The summed E-state index contributed by atoms with van der Waals surface area (Å²) in [6, 6.07) is 0. The predicted molar refractivity (Wildman–Crippen MR) is 35.5 cm³/mol. The van der Waals surface area contributed by atoms with E-state index in [1.54, 1.807) is 6.92 Å². The van der Waals surface area contributed by atoms with Gasteiger partial charge in [0.1, 0.15) is 12.7 Å². The molecule has 0 N–H and O–H groups in total. The van der Waals surface area contributed by atoms with Crippen molar-refractivity contribution < 1.29 is 45.5 Å². The minimum absolute atomic E-state index is 0. The molecule has 64 valence electrons. The Hall–Kier alpha value is 0.0574. The fourth-order valence-electron chi connectivity index (χ4n) is 0.456. The number of esters is 1. The molecule has 12 heavy (non-hydrogen) atoms. The van der Waals surface area contributed by atoms with Gasteiger partial charge in [-0.25, -0.2) is 4.79 Å². The van der Waals surface area contributed by atoms with Gasteiger partial charge in [0.25, 0.3) is 0 Å². The molecule has 0 spiro atoms. The number of hydrogen-bond donors (Lipinski definition) is 0. The average molecular weight is 185 g/mol. The fourth-order valence-corrected chi connectivity index (χ4v) is 0.456. The van der Waals surface area contributed by atoms with Crippen LogP contribution in [-0.4, -0.2) is 25.3 Å². The molecule has 0 bridgehead atoms. The zero-order valence-corrected chi connectivity index (χ0v) is 8.06. The van der Waals surface area contributed by atoms with E-state index in [1.165, 1.54) is 0 Å². The van der Waals surface area contributed by atoms with E-state index in [-0.39, 0.29) is 43.3 Å². The molecular formula is C7H10ClLiO3. The number of ether oxygens (including phenoxy) is 2. The number of carbonyl (C=O) groups is 1. The molecule has 1 heterocycles. The summed E-state index contributed by atoms with van der Waals surface area (Å²) in [6.07, 6.45) is 0.142. The normalized spacial score (nSPS) is 18.2. The Balaban J connectivity index is 0. The average Bonchev–Trinajstić information content (AvgIpc) is 2.64. The van der Waals surface area contributed by atoms with Gasteiger partial charge in [-0.2, -0.15) is 0 Å². The van der Waals surface area contributed by atoms with Crippen LogP contribution < -0.4 is 31.3 Å². The topological polar surface area (TPSA) is 38.8 Å². The Morgan fingerprint density at radius 2 is 2.25 bits per heavy atom. The van der Waals surface area contributed by atoms with Gasteiger partial charge in [0.05, 0.1) is 6.61 Å². The molecule has 0 aliphatic carbocycles. The van der Waals surface area contributed by atoms with E-state index in [1.807, 2.05) is 0 Å². The molecule has 0 aromatic carbocycles. The van der Waals surface area contributed by atoms with E-state index >= 15 is 0 Å². The van der Waals surface area contributed by atoms with E-state index in [0.29, 0.717) is 18.8 Å². The largest absolute Gasteiger partial charge is 1.00 e. The zero-order valence-electron chi connectivity index (χ0n) is 7.30. The Bertz CT molecular complexity index is 168. The van der Waals surface area contributed by atoms with Crippen LogP contribution in [0.25, 0.3) is 0 Å². The van der Waals surface area contributed by atoms with Gasteiger partial charge in [-0.15, -0.1) is 0 Å². The van der Waals surface area contributed by atoms with E-state index < -0.39 is 0 Å². The Morgan fingerprint density at radius 3 is 2.58 bits per heavy atom. The van der Waals surface area contributed by atoms with Gasteiger partial charge in [0.15, 0.2) is 0 Å². The third-order valence-corrected chi connectivity index (χ3v) is 1.15. The van der Waals surface area contributed by atoms with Crippen LogP contribution in [0.2, 0.25) is 0 Å². The Labute approximate surface area is 90.1 Å². The van der Waals surface area contributed by atoms with Crippen LogP contribution in [0.1, 0.15) is 6.92 Å². The molecule has 1 fully saturated rings. The van der Waals surface area contributed by atoms with Crippen molar-refractivity contribution in [2.24, 2.45) is 0 Å². The van der Waals surface area contributed by atoms with Crippen LogP contribution in [-0.2, 0) is 14.3 Å². The second kappa shape index (κ2) is 6.56. The minimum Gasteiger partial charge on any atom is -1.00 e. The van der Waals surface area contributed by atoms with E-state index in [9.17, 15) is 4.79 Å². The number of halogens is 1. The Morgan fingerprint density at radius 1 is 1.75 bits per heavy atom. The second-order valence-electron chi connectivity index (χ2n) is 2.33. The predicted octanol–water partition coefficient (Wildman–Crippen LogP) is -5.49. The third-order valence-electron chi connectivity index (χ3n) is 1.15. The molecule has 0 amide bonds. The molecule has 3 nitrogen and oxygen atoms in total. The summed E-state index contributed by atoms with van der Waals surface area (Å²) < 4.78 is 9.60. The van der Waals surface area contributed by atoms with E-state index in [4.69, 9.17) is 9.47 Å². The summed E-state index contributed by atoms with van der Waals surface area (Å²) in [5.41, 5.74) is 0.431. The van der Waals surface area contributed by atoms with Gasteiger partial charge in [-0.3, -0.25) is 0 Å². The maximum absolute atomic E-state index is 10.7. The van der Waals surface area contributed by atoms with Gasteiger partial charge >= 0.3 is 24.8 Å². The monoisotopic (exact) mass is 184 g/mol. The standard InChI is InChI=1S/C7H10O3.ClH.Li/c1-5(2)7(8)10-4-6-3-9-6;;/h6H,1,3-4H2,2H3;1H;/q;;+1/p-1. The zero-order chi connectivity index (χ0) is 7.56. The van der Waals surface area contributed by atoms with Gasteiger partial charge in [0, 0.05) is 5.57 Å². The number of rotatable bonds is 3. The first kappa shape index (κ1) is 14.6. The van der Waals surface area contributed by atoms with Crippen molar-refractivity contribution in [2.45, 2.75) is 13.0 Å². The second-order valence-corrected chi connectivity index (χ2v) is 2.33. The van der Waals surface area contributed by atoms with Crippen LogP contribution in [0.3, 0.4) is 0 Å². The molecule has 1 aliphatic heterocycles. The molecule has 1 rings (SSSR count). The summed E-state index contributed by atoms with van der Waals surface area (Å²) >= 11 is 0. The van der Waals surface area contributed by atoms with Gasteiger partial charge < -0.3 is 21.9 Å². The third kappa shape index (κ3) is 5.68. The number of carbonyl (C=O) groups excluding carboxylic acids is 1. The molecule has 0 aromatic rings. The first-order valence-corrected chi connectivity index (χ1v) is 3.14. The van der Waals surface area contributed by atoms with Gasteiger partial charge in [-0.1, -0.05) is 6.58 Å². The van der Waals surface area contributed by atoms with Crippen LogP contribution >= 0.6 is 0 Å². The van der Waals surface area contributed by atoms with Crippen molar-refractivity contribution in [3.63, 3.8) is 0 Å². The summed E-state index contributed by atoms with van der Waals surface area (Å²) in [6.45, 7) is 6.14. The van der Waals surface area contributed by atoms with Crippen molar-refractivity contribution in [3.8, 4) is 0 Å². The van der Waals surface area contributed by atoms with Gasteiger partial charge in [-0.05, 0) is 6.92 Å².